The van der Waals surface area contributed by atoms with Crippen molar-refractivity contribution in [3.63, 3.8) is 0 Å². The molecule has 2 aliphatic carbocycles. The Morgan fingerprint density at radius 1 is 1.21 bits per heavy atom. The number of hydrogen-bond donors (Lipinski definition) is 2. The largest absolute Gasteiger partial charge is 0.385 e. The van der Waals surface area contributed by atoms with E-state index in [0.717, 1.165) is 25.7 Å². The summed E-state index contributed by atoms with van der Waals surface area (Å²) in [5, 5.41) is 11.5. The lowest BCUT2D eigenvalue weighted by molar-refractivity contribution is -0.0480. The minimum Gasteiger partial charge on any atom is -0.385 e. The third kappa shape index (κ3) is 2.09. The van der Waals surface area contributed by atoms with Crippen molar-refractivity contribution in [3.8, 4) is 0 Å². The molecule has 0 aromatic rings. The Morgan fingerprint density at radius 3 is 2.68 bits per heavy atom. The molecule has 0 saturated heterocycles. The Kier molecular flexibility index (Phi) is 3.55. The summed E-state index contributed by atoms with van der Waals surface area (Å²) in [6, 6.07) is 0.203. The molecule has 3 N–H and O–H groups in total. The summed E-state index contributed by atoms with van der Waals surface area (Å²) < 4.78 is 0. The number of fused-ring (bicyclic) bond motifs is 1. The van der Waals surface area contributed by atoms with Crippen LogP contribution in [0.2, 0.25) is 0 Å². The predicted molar refractivity (Wildman–Crippen MR) is 78.5 cm³/mol. The van der Waals surface area contributed by atoms with Gasteiger partial charge in [-0.15, -0.1) is 11.6 Å². The first kappa shape index (κ1) is 13.7. The second-order valence-corrected chi connectivity index (χ2v) is 7.41. The molecule has 4 heteroatoms. The van der Waals surface area contributed by atoms with Gasteiger partial charge in [0, 0.05) is 11.3 Å². The zero-order valence-electron chi connectivity index (χ0n) is 11.7. The Balaban J connectivity index is 1.89. The fourth-order valence-electron chi connectivity index (χ4n) is 4.64. The van der Waals surface area contributed by atoms with E-state index in [1.54, 1.807) is 0 Å². The maximum absolute atomic E-state index is 11.4. The Morgan fingerprint density at radius 2 is 1.95 bits per heavy atom. The van der Waals surface area contributed by atoms with Crippen molar-refractivity contribution in [2.45, 2.75) is 68.9 Å². The molecule has 0 bridgehead atoms. The standard InChI is InChI=1S/C15H25ClN2O/c1-9-4-2-3-5-11(9)15(19)12-8-10(16)6-7-13(12)18-14(15)17/h9-13,19H,2-8H2,1H3,(H2,17,18). The molecule has 0 amide bonds. The van der Waals surface area contributed by atoms with E-state index in [4.69, 9.17) is 17.3 Å². The van der Waals surface area contributed by atoms with Gasteiger partial charge in [0.2, 0.25) is 0 Å². The van der Waals surface area contributed by atoms with Crippen LogP contribution >= 0.6 is 11.6 Å². The molecule has 6 unspecified atom stereocenters. The average molecular weight is 285 g/mol. The molecule has 2 saturated carbocycles. The summed E-state index contributed by atoms with van der Waals surface area (Å²) in [5.74, 6) is 1.44. The van der Waals surface area contributed by atoms with Crippen LogP contribution < -0.4 is 5.73 Å². The number of rotatable bonds is 1. The van der Waals surface area contributed by atoms with Crippen LogP contribution in [-0.4, -0.2) is 28.0 Å². The summed E-state index contributed by atoms with van der Waals surface area (Å²) in [4.78, 5) is 4.59. The highest BCUT2D eigenvalue weighted by atomic mass is 35.5. The van der Waals surface area contributed by atoms with Gasteiger partial charge in [-0.3, -0.25) is 4.99 Å². The minimum atomic E-state index is -0.891. The topological polar surface area (TPSA) is 58.6 Å². The third-order valence-electron chi connectivity index (χ3n) is 5.71. The fourth-order valence-corrected chi connectivity index (χ4v) is 4.96. The number of nitrogens with zero attached hydrogens (tertiary/aromatic N) is 1. The molecule has 3 nitrogen and oxygen atoms in total. The van der Waals surface area contributed by atoms with Crippen molar-refractivity contribution < 1.29 is 5.11 Å². The van der Waals surface area contributed by atoms with E-state index in [9.17, 15) is 5.11 Å². The van der Waals surface area contributed by atoms with Crippen LogP contribution in [-0.2, 0) is 0 Å². The van der Waals surface area contributed by atoms with Gasteiger partial charge in [-0.25, -0.2) is 0 Å². The lowest BCUT2D eigenvalue weighted by atomic mass is 9.63. The first-order chi connectivity index (χ1) is 9.03. The normalized spacial score (nSPS) is 50.7. The van der Waals surface area contributed by atoms with E-state index >= 15 is 0 Å². The van der Waals surface area contributed by atoms with Gasteiger partial charge in [-0.1, -0.05) is 26.2 Å². The van der Waals surface area contributed by atoms with Crippen molar-refractivity contribution in [3.05, 3.63) is 0 Å². The number of nitrogens with two attached hydrogens (primary N) is 1. The molecule has 2 fully saturated rings. The minimum absolute atomic E-state index is 0.147. The van der Waals surface area contributed by atoms with Crippen molar-refractivity contribution in [1.29, 1.82) is 0 Å². The second-order valence-electron chi connectivity index (χ2n) is 6.79. The maximum atomic E-state index is 11.4. The summed E-state index contributed by atoms with van der Waals surface area (Å²) in [7, 11) is 0. The molecule has 0 spiro atoms. The van der Waals surface area contributed by atoms with Gasteiger partial charge in [0.15, 0.2) is 0 Å². The zero-order valence-corrected chi connectivity index (χ0v) is 12.4. The highest BCUT2D eigenvalue weighted by molar-refractivity contribution is 6.20. The number of halogens is 1. The highest BCUT2D eigenvalue weighted by Gasteiger charge is 2.56. The average Bonchev–Trinajstić information content (AvgIpc) is 2.64. The van der Waals surface area contributed by atoms with Crippen molar-refractivity contribution in [1.82, 2.24) is 0 Å². The van der Waals surface area contributed by atoms with E-state index < -0.39 is 5.60 Å². The lowest BCUT2D eigenvalue weighted by Gasteiger charge is -2.45. The molecule has 3 rings (SSSR count). The molecule has 6 atom stereocenters. The van der Waals surface area contributed by atoms with E-state index in [0.29, 0.717) is 11.8 Å². The number of amidine groups is 1. The molecular weight excluding hydrogens is 260 g/mol. The van der Waals surface area contributed by atoms with Crippen LogP contribution in [0.1, 0.15) is 51.9 Å². The fraction of sp³-hybridized carbons (Fsp3) is 0.933. The van der Waals surface area contributed by atoms with Crippen LogP contribution in [0.3, 0.4) is 0 Å². The van der Waals surface area contributed by atoms with Gasteiger partial charge in [0.05, 0.1) is 6.04 Å². The Hall–Kier alpha value is -0.280. The predicted octanol–water partition coefficient (Wildman–Crippen LogP) is 2.69. The van der Waals surface area contributed by atoms with Gasteiger partial charge in [0.25, 0.3) is 0 Å². The molecule has 3 aliphatic rings. The van der Waals surface area contributed by atoms with Crippen LogP contribution in [0, 0.1) is 17.8 Å². The van der Waals surface area contributed by atoms with Crippen LogP contribution in [0.4, 0.5) is 0 Å². The number of aliphatic imine (C=N–C) groups is 1. The molecule has 1 heterocycles. The van der Waals surface area contributed by atoms with Gasteiger partial charge >= 0.3 is 0 Å². The quantitative estimate of drug-likeness (QED) is 0.728. The Labute approximate surface area is 120 Å². The molecule has 19 heavy (non-hydrogen) atoms. The number of alkyl halides is 1. The summed E-state index contributed by atoms with van der Waals surface area (Å²) in [5.41, 5.74) is 5.28. The maximum Gasteiger partial charge on any atom is 0.129 e. The molecular formula is C15H25ClN2O. The van der Waals surface area contributed by atoms with E-state index in [1.807, 2.05) is 0 Å². The molecule has 1 aliphatic heterocycles. The van der Waals surface area contributed by atoms with Crippen LogP contribution in [0.5, 0.6) is 0 Å². The molecule has 0 radical (unpaired) electrons. The smallest absolute Gasteiger partial charge is 0.129 e. The molecule has 108 valence electrons. The SMILES string of the molecule is CC1CCCCC1C1(O)C(N)=NC2CCC(Cl)CC21. The first-order valence-corrected chi connectivity index (χ1v) is 8.17. The highest BCUT2D eigenvalue weighted by Crippen LogP contribution is 2.49. The first-order valence-electron chi connectivity index (χ1n) is 7.73. The van der Waals surface area contributed by atoms with Gasteiger partial charge in [-0.2, -0.15) is 0 Å². The van der Waals surface area contributed by atoms with E-state index in [2.05, 4.69) is 11.9 Å². The van der Waals surface area contributed by atoms with Gasteiger partial charge in [0.1, 0.15) is 11.4 Å². The van der Waals surface area contributed by atoms with Gasteiger partial charge < -0.3 is 10.8 Å². The van der Waals surface area contributed by atoms with Crippen molar-refractivity contribution in [2.75, 3.05) is 0 Å². The van der Waals surface area contributed by atoms with Crippen LogP contribution in [0.25, 0.3) is 0 Å². The second kappa shape index (κ2) is 4.92. The number of hydrogen-bond acceptors (Lipinski definition) is 3. The number of aliphatic hydroxyl groups is 1. The summed E-state index contributed by atoms with van der Waals surface area (Å²) in [6.45, 7) is 2.25. The monoisotopic (exact) mass is 284 g/mol. The van der Waals surface area contributed by atoms with Crippen molar-refractivity contribution >= 4 is 17.4 Å². The molecule has 0 aromatic heterocycles. The Bertz CT molecular complexity index is 386. The summed E-state index contributed by atoms with van der Waals surface area (Å²) >= 11 is 6.33. The van der Waals surface area contributed by atoms with Gasteiger partial charge in [-0.05, 0) is 37.5 Å². The van der Waals surface area contributed by atoms with E-state index in [-0.39, 0.29) is 23.3 Å². The molecule has 0 aromatic carbocycles. The third-order valence-corrected chi connectivity index (χ3v) is 6.10. The summed E-state index contributed by atoms with van der Waals surface area (Å²) in [6.07, 6.45) is 7.57. The zero-order chi connectivity index (χ0) is 13.6. The lowest BCUT2D eigenvalue weighted by Crippen LogP contribution is -2.57. The van der Waals surface area contributed by atoms with Crippen LogP contribution in [0.15, 0.2) is 4.99 Å². The van der Waals surface area contributed by atoms with Crippen molar-refractivity contribution in [2.24, 2.45) is 28.5 Å². The van der Waals surface area contributed by atoms with E-state index in [1.165, 1.54) is 19.3 Å².